The third kappa shape index (κ3) is 6.42. The Morgan fingerprint density at radius 3 is 2.58 bits per heavy atom. The minimum atomic E-state index is -1.07. The number of nitrogens with one attached hydrogen (secondary N) is 1. The van der Waals surface area contributed by atoms with Gasteiger partial charge in [-0.25, -0.2) is 9.59 Å². The van der Waals surface area contributed by atoms with E-state index in [4.69, 9.17) is 14.6 Å². The number of rotatable bonds is 4. The Bertz CT molecular complexity index is 317. The van der Waals surface area contributed by atoms with Gasteiger partial charge < -0.3 is 19.9 Å². The summed E-state index contributed by atoms with van der Waals surface area (Å²) in [6.45, 7) is 5.84. The number of ether oxygens (including phenoxy) is 2. The Morgan fingerprint density at radius 2 is 2.11 bits per heavy atom. The van der Waals surface area contributed by atoms with E-state index >= 15 is 0 Å². The second-order valence-corrected chi connectivity index (χ2v) is 5.76. The summed E-state index contributed by atoms with van der Waals surface area (Å²) in [5.41, 5.74) is -0.644. The van der Waals surface area contributed by atoms with Crippen LogP contribution in [-0.2, 0) is 14.3 Å². The minimum Gasteiger partial charge on any atom is -0.480 e. The standard InChI is InChI=1S/C13H23NO5/c1-13(2,3)19-12(17)14-10(11(15)16)8-9-6-4-5-7-18-9/h9-10H,4-8H2,1-3H3,(H,14,17)(H,15,16)/t9-,10?/m0/s1. The van der Waals surface area contributed by atoms with Crippen LogP contribution in [0.4, 0.5) is 4.79 Å². The van der Waals surface area contributed by atoms with E-state index in [2.05, 4.69) is 5.32 Å². The molecule has 1 heterocycles. The molecule has 0 spiro atoms. The average molecular weight is 273 g/mol. The lowest BCUT2D eigenvalue weighted by molar-refractivity contribution is -0.141. The van der Waals surface area contributed by atoms with Gasteiger partial charge in [-0.1, -0.05) is 0 Å². The Labute approximate surface area is 113 Å². The maximum absolute atomic E-state index is 11.6. The fourth-order valence-corrected chi connectivity index (χ4v) is 1.93. The summed E-state index contributed by atoms with van der Waals surface area (Å²) in [5, 5.41) is 11.5. The molecule has 1 rings (SSSR count). The fraction of sp³-hybridized carbons (Fsp3) is 0.846. The van der Waals surface area contributed by atoms with Gasteiger partial charge in [0.1, 0.15) is 11.6 Å². The highest BCUT2D eigenvalue weighted by molar-refractivity contribution is 5.80. The summed E-state index contributed by atoms with van der Waals surface area (Å²) in [6, 6.07) is -0.974. The van der Waals surface area contributed by atoms with E-state index in [1.165, 1.54) is 0 Å². The van der Waals surface area contributed by atoms with Crippen molar-refractivity contribution in [2.24, 2.45) is 0 Å². The van der Waals surface area contributed by atoms with Crippen molar-refractivity contribution in [2.45, 2.75) is 64.2 Å². The lowest BCUT2D eigenvalue weighted by Crippen LogP contribution is -2.45. The van der Waals surface area contributed by atoms with Gasteiger partial charge in [-0.3, -0.25) is 0 Å². The van der Waals surface area contributed by atoms with Crippen LogP contribution < -0.4 is 5.32 Å². The zero-order valence-corrected chi connectivity index (χ0v) is 11.8. The van der Waals surface area contributed by atoms with Gasteiger partial charge in [0.05, 0.1) is 6.10 Å². The van der Waals surface area contributed by atoms with Crippen LogP contribution in [-0.4, -0.2) is 41.5 Å². The number of carbonyl (C=O) groups is 2. The maximum atomic E-state index is 11.6. The molecule has 0 aromatic carbocycles. The van der Waals surface area contributed by atoms with Gasteiger partial charge in [-0.05, 0) is 40.0 Å². The number of hydrogen-bond donors (Lipinski definition) is 2. The number of alkyl carbamates (subject to hydrolysis) is 1. The molecule has 0 aliphatic carbocycles. The third-order valence-corrected chi connectivity index (χ3v) is 2.76. The normalized spacial score (nSPS) is 21.5. The van der Waals surface area contributed by atoms with Gasteiger partial charge >= 0.3 is 12.1 Å². The van der Waals surface area contributed by atoms with E-state index < -0.39 is 23.7 Å². The Morgan fingerprint density at radius 1 is 1.42 bits per heavy atom. The molecule has 2 atom stereocenters. The molecule has 1 aliphatic rings. The van der Waals surface area contributed by atoms with Gasteiger partial charge in [0.2, 0.25) is 0 Å². The molecule has 1 unspecified atom stereocenters. The predicted molar refractivity (Wildman–Crippen MR) is 69.0 cm³/mol. The van der Waals surface area contributed by atoms with Gasteiger partial charge in [-0.15, -0.1) is 0 Å². The van der Waals surface area contributed by atoms with Crippen LogP contribution in [0.3, 0.4) is 0 Å². The summed E-state index contributed by atoms with van der Waals surface area (Å²) in [7, 11) is 0. The molecule has 0 radical (unpaired) electrons. The largest absolute Gasteiger partial charge is 0.480 e. The number of carboxylic acids is 1. The maximum Gasteiger partial charge on any atom is 0.408 e. The molecule has 6 heteroatoms. The average Bonchev–Trinajstić information content (AvgIpc) is 2.26. The highest BCUT2D eigenvalue weighted by Crippen LogP contribution is 2.17. The molecule has 1 amide bonds. The molecule has 0 bridgehead atoms. The molecule has 0 aromatic heterocycles. The number of amides is 1. The van der Waals surface area contributed by atoms with Crippen molar-refractivity contribution in [2.75, 3.05) is 6.61 Å². The molecular weight excluding hydrogens is 250 g/mol. The molecule has 0 aromatic rings. The first-order chi connectivity index (χ1) is 8.78. The third-order valence-electron chi connectivity index (χ3n) is 2.76. The first-order valence-electron chi connectivity index (χ1n) is 6.62. The van der Waals surface area contributed by atoms with E-state index in [1.54, 1.807) is 20.8 Å². The lowest BCUT2D eigenvalue weighted by atomic mass is 10.0. The molecule has 2 N–H and O–H groups in total. The highest BCUT2D eigenvalue weighted by atomic mass is 16.6. The van der Waals surface area contributed by atoms with Crippen LogP contribution in [0.2, 0.25) is 0 Å². The Balaban J connectivity index is 2.48. The summed E-state index contributed by atoms with van der Waals surface area (Å²) in [6.07, 6.45) is 2.33. The van der Waals surface area contributed by atoms with Crippen molar-refractivity contribution in [1.82, 2.24) is 5.32 Å². The molecule has 1 aliphatic heterocycles. The summed E-state index contributed by atoms with van der Waals surface area (Å²) < 4.78 is 10.5. The van der Waals surface area contributed by atoms with Crippen molar-refractivity contribution in [1.29, 1.82) is 0 Å². The van der Waals surface area contributed by atoms with Crippen LogP contribution >= 0.6 is 0 Å². The zero-order chi connectivity index (χ0) is 14.5. The monoisotopic (exact) mass is 273 g/mol. The first-order valence-corrected chi connectivity index (χ1v) is 6.62. The number of aliphatic carboxylic acids is 1. The Hall–Kier alpha value is -1.30. The molecule has 19 heavy (non-hydrogen) atoms. The second-order valence-electron chi connectivity index (χ2n) is 5.76. The second kappa shape index (κ2) is 6.75. The molecule has 6 nitrogen and oxygen atoms in total. The summed E-state index contributed by atoms with van der Waals surface area (Å²) in [5.74, 6) is -1.07. The molecule has 110 valence electrons. The lowest BCUT2D eigenvalue weighted by Gasteiger charge is -2.26. The number of hydrogen-bond acceptors (Lipinski definition) is 4. The molecule has 1 saturated heterocycles. The first kappa shape index (κ1) is 15.8. The minimum absolute atomic E-state index is 0.107. The van der Waals surface area contributed by atoms with Crippen molar-refractivity contribution in [3.05, 3.63) is 0 Å². The quantitative estimate of drug-likeness (QED) is 0.817. The van der Waals surface area contributed by atoms with Crippen LogP contribution in [0.1, 0.15) is 46.5 Å². The van der Waals surface area contributed by atoms with Crippen molar-refractivity contribution >= 4 is 12.1 Å². The summed E-state index contributed by atoms with van der Waals surface area (Å²) >= 11 is 0. The zero-order valence-electron chi connectivity index (χ0n) is 11.8. The van der Waals surface area contributed by atoms with Crippen LogP contribution in [0.15, 0.2) is 0 Å². The topological polar surface area (TPSA) is 84.9 Å². The molecule has 0 saturated carbocycles. The van der Waals surface area contributed by atoms with E-state index in [9.17, 15) is 9.59 Å². The van der Waals surface area contributed by atoms with Crippen LogP contribution in [0.25, 0.3) is 0 Å². The van der Waals surface area contributed by atoms with Crippen molar-refractivity contribution < 1.29 is 24.2 Å². The van der Waals surface area contributed by atoms with Crippen molar-refractivity contribution in [3.63, 3.8) is 0 Å². The van der Waals surface area contributed by atoms with E-state index in [1.807, 2.05) is 0 Å². The van der Waals surface area contributed by atoms with E-state index in [0.717, 1.165) is 19.3 Å². The van der Waals surface area contributed by atoms with Crippen molar-refractivity contribution in [3.8, 4) is 0 Å². The smallest absolute Gasteiger partial charge is 0.408 e. The van der Waals surface area contributed by atoms with Gasteiger partial charge in [0.25, 0.3) is 0 Å². The van der Waals surface area contributed by atoms with Gasteiger partial charge in [0, 0.05) is 13.0 Å². The SMILES string of the molecule is CC(C)(C)OC(=O)NC(C[C@@H]1CCCCO1)C(=O)O. The highest BCUT2D eigenvalue weighted by Gasteiger charge is 2.27. The predicted octanol–water partition coefficient (Wildman–Crippen LogP) is 1.92. The van der Waals surface area contributed by atoms with Gasteiger partial charge in [-0.2, -0.15) is 0 Å². The Kier molecular flexibility index (Phi) is 5.60. The molecule has 1 fully saturated rings. The van der Waals surface area contributed by atoms with E-state index in [0.29, 0.717) is 6.61 Å². The summed E-state index contributed by atoms with van der Waals surface area (Å²) in [4.78, 5) is 22.7. The fourth-order valence-electron chi connectivity index (χ4n) is 1.93. The van der Waals surface area contributed by atoms with Gasteiger partial charge in [0.15, 0.2) is 0 Å². The van der Waals surface area contributed by atoms with E-state index in [-0.39, 0.29) is 12.5 Å². The number of carboxylic acid groups (broad SMARTS) is 1. The molecular formula is C13H23NO5. The van der Waals surface area contributed by atoms with Crippen LogP contribution in [0, 0.1) is 0 Å². The number of carbonyl (C=O) groups excluding carboxylic acids is 1. The van der Waals surface area contributed by atoms with Crippen LogP contribution in [0.5, 0.6) is 0 Å².